The Morgan fingerprint density at radius 1 is 0.722 bits per heavy atom. The Hall–Kier alpha value is -5.65. The molecule has 4 nitrogen and oxygen atoms in total. The third kappa shape index (κ3) is 6.37. The maximum absolute atomic E-state index is 6.79. The zero-order chi connectivity index (χ0) is 35.8. The number of rotatable bonds is 6. The minimum Gasteiger partial charge on any atom is -0.456 e. The predicted octanol–water partition coefficient (Wildman–Crippen LogP) is 12.2. The molecular weight excluding hydrogens is 679 g/mol. The number of benzene rings is 4. The van der Waals surface area contributed by atoms with E-state index in [1.54, 1.807) is 0 Å². The predicted molar refractivity (Wildman–Crippen MR) is 227 cm³/mol. The van der Waals surface area contributed by atoms with Crippen LogP contribution in [0.3, 0.4) is 0 Å². The van der Waals surface area contributed by atoms with E-state index < -0.39 is 0 Å². The number of nitrogens with zero attached hydrogens (tertiary/aromatic N) is 2. The molecule has 1 aromatic heterocycles. The highest BCUT2D eigenvalue weighted by molar-refractivity contribution is 8.01. The summed E-state index contributed by atoms with van der Waals surface area (Å²) in [4.78, 5) is 10.4. The van der Waals surface area contributed by atoms with Gasteiger partial charge in [0, 0.05) is 44.2 Å². The Morgan fingerprint density at radius 3 is 2.46 bits per heavy atom. The first-order chi connectivity index (χ1) is 26.7. The van der Waals surface area contributed by atoms with Crippen LogP contribution in [0.4, 0.5) is 0 Å². The van der Waals surface area contributed by atoms with Crippen molar-refractivity contribution < 1.29 is 4.42 Å². The van der Waals surface area contributed by atoms with E-state index in [1.807, 2.05) is 11.8 Å². The molecule has 5 aromatic rings. The van der Waals surface area contributed by atoms with E-state index in [9.17, 15) is 0 Å². The van der Waals surface area contributed by atoms with Crippen LogP contribution in [0, 0.1) is 0 Å². The van der Waals surface area contributed by atoms with Gasteiger partial charge in [-0.25, -0.2) is 9.98 Å². The van der Waals surface area contributed by atoms with Crippen molar-refractivity contribution in [1.29, 1.82) is 0 Å². The normalized spacial score (nSPS) is 24.7. The van der Waals surface area contributed by atoms with E-state index >= 15 is 0 Å². The summed E-state index contributed by atoms with van der Waals surface area (Å²) in [6, 6.07) is 32.6. The Kier molecular flexibility index (Phi) is 8.73. The molecule has 5 aliphatic rings. The SMILES string of the molecule is C1=CC2C=CC(c3cccc4c3oc3cccc(C5C=CC=C(C6=NC(C7=CCCC=C7)=NC(c7ccc(-c8ccccc8)cc7)N6)C5)c34)CC(C=C1)S2. The summed E-state index contributed by atoms with van der Waals surface area (Å²) >= 11 is 2.03. The monoisotopic (exact) mass is 719 g/mol. The molecule has 3 aliphatic heterocycles. The van der Waals surface area contributed by atoms with Gasteiger partial charge in [-0.3, -0.25) is 0 Å². The number of amidine groups is 2. The number of thioether (sulfide) groups is 1. The number of aliphatic imine (C=N–C) groups is 2. The van der Waals surface area contributed by atoms with Crippen LogP contribution in [0.2, 0.25) is 0 Å². The molecule has 54 heavy (non-hydrogen) atoms. The van der Waals surface area contributed by atoms with Gasteiger partial charge in [-0.05, 0) is 59.6 Å². The number of nitrogens with one attached hydrogen (secondary N) is 1. The lowest BCUT2D eigenvalue weighted by atomic mass is 9.85. The number of hydrogen-bond donors (Lipinski definition) is 1. The highest BCUT2D eigenvalue weighted by Crippen LogP contribution is 2.44. The third-order valence-corrected chi connectivity index (χ3v) is 12.5. The van der Waals surface area contributed by atoms with Gasteiger partial charge in [0.25, 0.3) is 0 Å². The number of furan rings is 1. The molecule has 264 valence electrons. The molecule has 5 atom stereocenters. The molecule has 5 heteroatoms. The lowest BCUT2D eigenvalue weighted by Crippen LogP contribution is -2.35. The molecule has 0 amide bonds. The van der Waals surface area contributed by atoms with Crippen molar-refractivity contribution in [2.45, 2.75) is 54.2 Å². The van der Waals surface area contributed by atoms with Crippen LogP contribution in [0.5, 0.6) is 0 Å². The minimum atomic E-state index is -0.245. The van der Waals surface area contributed by atoms with Crippen molar-refractivity contribution in [1.82, 2.24) is 5.32 Å². The minimum absolute atomic E-state index is 0.163. The van der Waals surface area contributed by atoms with Crippen molar-refractivity contribution in [3.63, 3.8) is 0 Å². The number of allylic oxidation sites excluding steroid dienone is 8. The van der Waals surface area contributed by atoms with Crippen LogP contribution in [0.15, 0.2) is 189 Å². The molecular formula is C49H41N3OS. The molecule has 5 unspecified atom stereocenters. The Morgan fingerprint density at radius 2 is 1.57 bits per heavy atom. The molecule has 0 spiro atoms. The fourth-order valence-electron chi connectivity index (χ4n) is 8.45. The second-order valence-corrected chi connectivity index (χ2v) is 16.1. The molecule has 0 saturated heterocycles. The van der Waals surface area contributed by atoms with E-state index in [1.165, 1.54) is 38.6 Å². The Labute approximate surface area is 320 Å². The first-order valence-corrected chi connectivity index (χ1v) is 20.1. The molecule has 10 rings (SSSR count). The average molecular weight is 720 g/mol. The van der Waals surface area contributed by atoms with E-state index in [0.29, 0.717) is 16.4 Å². The molecule has 2 aliphatic carbocycles. The number of fused-ring (bicyclic) bond motifs is 5. The van der Waals surface area contributed by atoms with E-state index in [2.05, 4.69) is 169 Å². The van der Waals surface area contributed by atoms with Gasteiger partial charge in [-0.1, -0.05) is 158 Å². The smallest absolute Gasteiger partial charge is 0.159 e. The van der Waals surface area contributed by atoms with Crippen molar-refractivity contribution in [2.75, 3.05) is 0 Å². The average Bonchev–Trinajstić information content (AvgIpc) is 3.34. The maximum Gasteiger partial charge on any atom is 0.159 e. The standard InChI is InChI=1S/C49H41N3OS/c1-3-12-32(13-4-1)33-24-26-35(27-25-33)48-50-47(34-14-5-2-6-15-34)51-49(52-48)38-17-9-16-36(30-38)41-20-11-23-44-45(41)43-22-10-21-42(46(43)53-44)37-28-29-39-18-7-8-19-40(31-37)54-39/h1,3-5,7-29,36-37,39-40,48H,2,6,30-31H2,(H,50,51,52). The van der Waals surface area contributed by atoms with Crippen molar-refractivity contribution in [3.8, 4) is 11.1 Å². The first kappa shape index (κ1) is 33.0. The maximum atomic E-state index is 6.79. The van der Waals surface area contributed by atoms with Crippen molar-refractivity contribution in [2.24, 2.45) is 9.98 Å². The summed E-state index contributed by atoms with van der Waals surface area (Å²) in [7, 11) is 0. The Bertz CT molecular complexity index is 2520. The first-order valence-electron chi connectivity index (χ1n) is 19.2. The van der Waals surface area contributed by atoms with Crippen LogP contribution < -0.4 is 5.32 Å². The molecule has 4 heterocycles. The Balaban J connectivity index is 0.970. The topological polar surface area (TPSA) is 49.9 Å². The molecule has 0 fully saturated rings. The number of hydrogen-bond acceptors (Lipinski definition) is 5. The van der Waals surface area contributed by atoms with Gasteiger partial charge in [0.05, 0.1) is 0 Å². The van der Waals surface area contributed by atoms with E-state index in [-0.39, 0.29) is 12.1 Å². The fraction of sp³-hybridized carbons (Fsp3) is 0.184. The molecule has 2 bridgehead atoms. The van der Waals surface area contributed by atoms with E-state index in [0.717, 1.165) is 59.7 Å². The van der Waals surface area contributed by atoms with Crippen molar-refractivity contribution >= 4 is 45.4 Å². The lowest BCUT2D eigenvalue weighted by Gasteiger charge is -2.28. The fourth-order valence-corrected chi connectivity index (χ4v) is 9.71. The van der Waals surface area contributed by atoms with Crippen LogP contribution in [-0.2, 0) is 0 Å². The molecule has 0 saturated carbocycles. The summed E-state index contributed by atoms with van der Waals surface area (Å²) in [6.45, 7) is 0. The largest absolute Gasteiger partial charge is 0.456 e. The van der Waals surface area contributed by atoms with Gasteiger partial charge in [0.2, 0.25) is 0 Å². The zero-order valence-corrected chi connectivity index (χ0v) is 30.8. The van der Waals surface area contributed by atoms with Crippen LogP contribution >= 0.6 is 11.8 Å². The summed E-state index contributed by atoms with van der Waals surface area (Å²) in [6.07, 6.45) is 30.9. The summed E-state index contributed by atoms with van der Waals surface area (Å²) in [5, 5.41) is 7.03. The summed E-state index contributed by atoms with van der Waals surface area (Å²) in [5.41, 5.74) is 10.3. The van der Waals surface area contributed by atoms with Gasteiger partial charge < -0.3 is 9.73 Å². The van der Waals surface area contributed by atoms with Gasteiger partial charge in [-0.15, -0.1) is 11.8 Å². The second-order valence-electron chi connectivity index (χ2n) is 14.7. The molecule has 4 aromatic carbocycles. The van der Waals surface area contributed by atoms with Crippen LogP contribution in [0.1, 0.15) is 60.4 Å². The zero-order valence-electron chi connectivity index (χ0n) is 30.0. The summed E-state index contributed by atoms with van der Waals surface area (Å²) in [5.74, 6) is 2.14. The van der Waals surface area contributed by atoms with Gasteiger partial charge in [-0.2, -0.15) is 0 Å². The van der Waals surface area contributed by atoms with Crippen LogP contribution in [-0.4, -0.2) is 22.2 Å². The van der Waals surface area contributed by atoms with Gasteiger partial charge in [0.1, 0.15) is 23.2 Å². The third-order valence-electron chi connectivity index (χ3n) is 11.2. The lowest BCUT2D eigenvalue weighted by molar-refractivity contribution is 0.652. The quantitative estimate of drug-likeness (QED) is 0.178. The molecule has 0 radical (unpaired) electrons. The second kappa shape index (κ2) is 14.3. The van der Waals surface area contributed by atoms with E-state index in [4.69, 9.17) is 14.4 Å². The summed E-state index contributed by atoms with van der Waals surface area (Å²) < 4.78 is 6.79. The van der Waals surface area contributed by atoms with Crippen LogP contribution in [0.25, 0.3) is 33.1 Å². The molecule has 1 N–H and O–H groups in total. The van der Waals surface area contributed by atoms with Gasteiger partial charge >= 0.3 is 0 Å². The number of para-hydroxylation sites is 1. The highest BCUT2D eigenvalue weighted by Gasteiger charge is 2.28. The van der Waals surface area contributed by atoms with Gasteiger partial charge in [0.15, 0.2) is 5.84 Å². The van der Waals surface area contributed by atoms with Crippen molar-refractivity contribution in [3.05, 3.63) is 192 Å². The highest BCUT2D eigenvalue weighted by atomic mass is 32.2.